The molecular formula is C20H19F5N6O2. The molecule has 1 aromatic heterocycles. The fourth-order valence-electron chi connectivity index (χ4n) is 3.49. The van der Waals surface area contributed by atoms with Gasteiger partial charge in [-0.25, -0.2) is 4.98 Å². The first kappa shape index (κ1) is 24.1. The average Bonchev–Trinajstić information content (AvgIpc) is 3.13. The highest BCUT2D eigenvalue weighted by atomic mass is 19.4. The van der Waals surface area contributed by atoms with Crippen LogP contribution in [-0.2, 0) is 28.6 Å². The molecule has 2 heterocycles. The van der Waals surface area contributed by atoms with Gasteiger partial charge in [0.2, 0.25) is 11.8 Å². The molecule has 1 atom stereocenters. The second kappa shape index (κ2) is 8.78. The third-order valence-electron chi connectivity index (χ3n) is 5.29. The number of nitrogens with two attached hydrogens (primary N) is 2. The van der Waals surface area contributed by atoms with E-state index in [0.29, 0.717) is 18.0 Å². The van der Waals surface area contributed by atoms with E-state index in [1.807, 2.05) is 6.07 Å². The zero-order valence-corrected chi connectivity index (χ0v) is 17.1. The maximum Gasteiger partial charge on any atom is 0.458 e. The van der Waals surface area contributed by atoms with Crippen molar-refractivity contribution in [3.05, 3.63) is 41.3 Å². The summed E-state index contributed by atoms with van der Waals surface area (Å²) in [6.07, 6.45) is -5.72. The Morgan fingerprint density at radius 1 is 1.15 bits per heavy atom. The van der Waals surface area contributed by atoms with Crippen LogP contribution in [0.15, 0.2) is 24.3 Å². The molecule has 0 saturated carbocycles. The lowest BCUT2D eigenvalue weighted by molar-refractivity contribution is -0.289. The summed E-state index contributed by atoms with van der Waals surface area (Å²) in [4.78, 5) is 29.2. The summed E-state index contributed by atoms with van der Waals surface area (Å²) in [5.41, 5.74) is 10.0. The number of rotatable bonds is 6. The molecule has 2 aromatic rings. The molecule has 0 radical (unpaired) electrons. The number of aromatic nitrogens is 2. The van der Waals surface area contributed by atoms with Gasteiger partial charge in [-0.2, -0.15) is 27.2 Å². The van der Waals surface area contributed by atoms with Crippen LogP contribution in [0.2, 0.25) is 0 Å². The van der Waals surface area contributed by atoms with E-state index in [-0.39, 0.29) is 49.4 Å². The number of imidazole rings is 1. The van der Waals surface area contributed by atoms with Crippen LogP contribution in [-0.4, -0.2) is 45.0 Å². The summed E-state index contributed by atoms with van der Waals surface area (Å²) >= 11 is 0. The van der Waals surface area contributed by atoms with Gasteiger partial charge in [0.25, 0.3) is 0 Å². The topological polar surface area (TPSA) is 131 Å². The zero-order valence-electron chi connectivity index (χ0n) is 17.1. The van der Waals surface area contributed by atoms with Gasteiger partial charge < -0.3 is 20.9 Å². The highest BCUT2D eigenvalue weighted by molar-refractivity contribution is 5.83. The minimum Gasteiger partial charge on any atom is -0.370 e. The van der Waals surface area contributed by atoms with E-state index >= 15 is 0 Å². The number of nitriles is 1. The molecule has 0 spiro atoms. The highest BCUT2D eigenvalue weighted by Gasteiger charge is 2.58. The van der Waals surface area contributed by atoms with Crippen LogP contribution in [0.3, 0.4) is 0 Å². The molecule has 4 N–H and O–H groups in total. The van der Waals surface area contributed by atoms with Crippen LogP contribution in [0.5, 0.6) is 0 Å². The monoisotopic (exact) mass is 470 g/mol. The third-order valence-corrected chi connectivity index (χ3v) is 5.29. The van der Waals surface area contributed by atoms with E-state index in [4.69, 9.17) is 11.5 Å². The minimum absolute atomic E-state index is 0.00200. The Morgan fingerprint density at radius 3 is 2.33 bits per heavy atom. The molecule has 0 bridgehead atoms. The molecule has 0 saturated heterocycles. The van der Waals surface area contributed by atoms with E-state index in [9.17, 15) is 36.8 Å². The SMILES string of the molecule is N#Cc1c(-c2ccc(C(F)(F)C(F)(F)F)cc2)nc2n1CCN(C(=O)[C@@H](N)CCC(N)=O)C2. The van der Waals surface area contributed by atoms with E-state index in [0.717, 1.165) is 12.1 Å². The number of hydrogen-bond acceptors (Lipinski definition) is 5. The Labute approximate surface area is 184 Å². The second-order valence-electron chi connectivity index (χ2n) is 7.51. The zero-order chi connectivity index (χ0) is 24.6. The van der Waals surface area contributed by atoms with Crippen LogP contribution in [0, 0.1) is 11.3 Å². The Bertz CT molecular complexity index is 1100. The first-order valence-corrected chi connectivity index (χ1v) is 9.74. The quantitative estimate of drug-likeness (QED) is 0.624. The lowest BCUT2D eigenvalue weighted by atomic mass is 10.0. The number of hydrogen-bond donors (Lipinski definition) is 2. The molecule has 33 heavy (non-hydrogen) atoms. The molecule has 0 unspecified atom stereocenters. The number of amides is 2. The molecule has 1 aliphatic heterocycles. The Morgan fingerprint density at radius 2 is 1.79 bits per heavy atom. The molecule has 0 fully saturated rings. The molecule has 3 rings (SSSR count). The lowest BCUT2D eigenvalue weighted by Gasteiger charge is -2.30. The number of fused-ring (bicyclic) bond motifs is 1. The first-order chi connectivity index (χ1) is 15.4. The fraction of sp³-hybridized carbons (Fsp3) is 0.400. The number of alkyl halides is 5. The highest BCUT2D eigenvalue weighted by Crippen LogP contribution is 2.44. The van der Waals surface area contributed by atoms with Crippen molar-refractivity contribution in [3.63, 3.8) is 0 Å². The summed E-state index contributed by atoms with van der Waals surface area (Å²) in [7, 11) is 0. The van der Waals surface area contributed by atoms with Crippen molar-refractivity contribution < 1.29 is 31.5 Å². The lowest BCUT2D eigenvalue weighted by Crippen LogP contribution is -2.47. The summed E-state index contributed by atoms with van der Waals surface area (Å²) in [5.74, 6) is -5.71. The summed E-state index contributed by atoms with van der Waals surface area (Å²) < 4.78 is 66.4. The standard InChI is InChI=1S/C20H19F5N6O2/c21-19(22,20(23,24)25)12-3-1-11(2-4-12)17-14(9-26)31-8-7-30(10-16(31)29-17)18(33)13(27)5-6-15(28)32/h1-4,13H,5-8,10,27H2,(H2,28,32)/t13-/m0/s1. The van der Waals surface area contributed by atoms with Crippen molar-refractivity contribution in [2.24, 2.45) is 11.5 Å². The Balaban J connectivity index is 1.85. The van der Waals surface area contributed by atoms with Gasteiger partial charge in [0.1, 0.15) is 23.3 Å². The normalized spacial score (nSPS) is 15.0. The van der Waals surface area contributed by atoms with Gasteiger partial charge in [-0.1, -0.05) is 24.3 Å². The maximum absolute atomic E-state index is 13.5. The van der Waals surface area contributed by atoms with Gasteiger partial charge in [-0.3, -0.25) is 9.59 Å². The molecule has 2 amide bonds. The van der Waals surface area contributed by atoms with Gasteiger partial charge in [-0.15, -0.1) is 0 Å². The predicted molar refractivity (Wildman–Crippen MR) is 104 cm³/mol. The van der Waals surface area contributed by atoms with Crippen molar-refractivity contribution in [1.82, 2.24) is 14.5 Å². The summed E-state index contributed by atoms with van der Waals surface area (Å²) in [6.45, 7) is 0.406. The van der Waals surface area contributed by atoms with Crippen molar-refractivity contribution in [3.8, 4) is 17.3 Å². The van der Waals surface area contributed by atoms with Gasteiger partial charge in [-0.05, 0) is 6.42 Å². The molecule has 1 aromatic carbocycles. The van der Waals surface area contributed by atoms with Gasteiger partial charge in [0.15, 0.2) is 0 Å². The van der Waals surface area contributed by atoms with Crippen molar-refractivity contribution >= 4 is 11.8 Å². The smallest absolute Gasteiger partial charge is 0.370 e. The molecule has 8 nitrogen and oxygen atoms in total. The summed E-state index contributed by atoms with van der Waals surface area (Å²) in [5, 5.41) is 9.58. The number of primary amides is 1. The van der Waals surface area contributed by atoms with E-state index < -0.39 is 35.5 Å². The van der Waals surface area contributed by atoms with Crippen LogP contribution in [0.4, 0.5) is 22.0 Å². The predicted octanol–water partition coefficient (Wildman–Crippen LogP) is 2.01. The summed E-state index contributed by atoms with van der Waals surface area (Å²) in [6, 6.07) is 4.36. The van der Waals surface area contributed by atoms with E-state index in [1.54, 1.807) is 4.57 Å². The van der Waals surface area contributed by atoms with E-state index in [2.05, 4.69) is 4.98 Å². The maximum atomic E-state index is 13.5. The van der Waals surface area contributed by atoms with Crippen molar-refractivity contribution in [1.29, 1.82) is 5.26 Å². The number of benzene rings is 1. The number of halogens is 5. The van der Waals surface area contributed by atoms with Gasteiger partial charge in [0.05, 0.1) is 12.6 Å². The van der Waals surface area contributed by atoms with Crippen molar-refractivity contribution in [2.45, 2.75) is 44.1 Å². The molecule has 0 aliphatic carbocycles. The van der Waals surface area contributed by atoms with Gasteiger partial charge in [0, 0.05) is 30.6 Å². The third kappa shape index (κ3) is 4.65. The van der Waals surface area contributed by atoms with Crippen LogP contribution < -0.4 is 11.5 Å². The average molecular weight is 470 g/mol. The van der Waals surface area contributed by atoms with Crippen LogP contribution in [0.1, 0.15) is 29.9 Å². The molecule has 1 aliphatic rings. The van der Waals surface area contributed by atoms with Crippen LogP contribution >= 0.6 is 0 Å². The molecule has 13 heteroatoms. The Kier molecular flexibility index (Phi) is 6.42. The van der Waals surface area contributed by atoms with Crippen molar-refractivity contribution in [2.75, 3.05) is 6.54 Å². The number of nitrogens with zero attached hydrogens (tertiary/aromatic N) is 4. The van der Waals surface area contributed by atoms with Crippen LogP contribution in [0.25, 0.3) is 11.3 Å². The largest absolute Gasteiger partial charge is 0.458 e. The number of carbonyl (C=O) groups is 2. The van der Waals surface area contributed by atoms with E-state index in [1.165, 1.54) is 4.90 Å². The number of carbonyl (C=O) groups excluding carboxylic acids is 2. The van der Waals surface area contributed by atoms with Gasteiger partial charge >= 0.3 is 12.1 Å². The fourth-order valence-corrected chi connectivity index (χ4v) is 3.49. The first-order valence-electron chi connectivity index (χ1n) is 9.74. The molecular weight excluding hydrogens is 451 g/mol. The Hall–Kier alpha value is -3.53. The second-order valence-corrected chi connectivity index (χ2v) is 7.51. The minimum atomic E-state index is -5.74. The molecule has 176 valence electrons.